The number of epoxide rings is 1. The Kier molecular flexibility index (Phi) is 2.23. The van der Waals surface area contributed by atoms with Crippen molar-refractivity contribution in [3.63, 3.8) is 0 Å². The van der Waals surface area contributed by atoms with Crippen molar-refractivity contribution in [3.8, 4) is 0 Å². The number of ether oxygens (including phenoxy) is 1. The molecular weight excluding hydrogens is 243 g/mol. The minimum absolute atomic E-state index is 0.609. The number of hydrogen-bond acceptors (Lipinski definition) is 1. The summed E-state index contributed by atoms with van der Waals surface area (Å²) in [5.41, 5.74) is 0.661. The Balaban J connectivity index is 2.33. The number of rotatable bonds is 2. The molecule has 0 radical (unpaired) electrons. The molecule has 0 N–H and O–H groups in total. The predicted octanol–water partition coefficient (Wildman–Crippen LogP) is 2.07. The van der Waals surface area contributed by atoms with Gasteiger partial charge in [-0.15, -0.1) is 0 Å². The summed E-state index contributed by atoms with van der Waals surface area (Å²) < 4.78 is 6.66. The third kappa shape index (κ3) is 1.91. The van der Waals surface area contributed by atoms with Gasteiger partial charge in [0, 0.05) is 4.43 Å². The zero-order chi connectivity index (χ0) is 7.07. The maximum Gasteiger partial charge on any atom is 0.0896 e. The van der Waals surface area contributed by atoms with E-state index in [2.05, 4.69) is 42.2 Å². The Labute approximate surface area is 71.3 Å². The van der Waals surface area contributed by atoms with Crippen LogP contribution in [0, 0.1) is 0 Å². The van der Waals surface area contributed by atoms with Crippen molar-refractivity contribution in [2.75, 3.05) is 4.43 Å². The first-order chi connectivity index (χ1) is 4.05. The lowest BCUT2D eigenvalue weighted by atomic mass is 10.6. The Hall–Kier alpha value is 0.907. The van der Waals surface area contributed by atoms with Crippen molar-refractivity contribution in [2.24, 2.45) is 0 Å². The number of halogens is 1. The largest absolute Gasteiger partial charge is 0.373 e. The molecule has 1 fully saturated rings. The molecule has 0 aromatic carbocycles. The summed E-state index contributed by atoms with van der Waals surface area (Å²) in [4.78, 5) is 0. The monoisotopic (exact) mass is 256 g/mol. The fourth-order valence-corrected chi connectivity index (χ4v) is 3.99. The van der Waals surface area contributed by atoms with Crippen LogP contribution in [0.3, 0.4) is 0 Å². The highest BCUT2D eigenvalue weighted by Gasteiger charge is 2.47. The Bertz CT molecular complexity index is 110. The highest BCUT2D eigenvalue weighted by molar-refractivity contribution is 14.1. The number of alkyl halides is 1. The minimum atomic E-state index is -0.935. The third-order valence-electron chi connectivity index (χ3n) is 1.59. The van der Waals surface area contributed by atoms with E-state index in [0.717, 1.165) is 0 Å². The van der Waals surface area contributed by atoms with Gasteiger partial charge in [0.15, 0.2) is 0 Å². The second-order valence-electron chi connectivity index (χ2n) is 3.62. The van der Waals surface area contributed by atoms with Crippen LogP contribution in [0.5, 0.6) is 0 Å². The molecule has 3 heteroatoms. The molecule has 0 aliphatic carbocycles. The van der Waals surface area contributed by atoms with Gasteiger partial charge in [-0.25, -0.2) is 0 Å². The molecule has 1 nitrogen and oxygen atoms in total. The summed E-state index contributed by atoms with van der Waals surface area (Å²) in [5, 5.41) is 0. The van der Waals surface area contributed by atoms with Crippen molar-refractivity contribution < 1.29 is 4.74 Å². The summed E-state index contributed by atoms with van der Waals surface area (Å²) in [6.07, 6.45) is 0.609. The molecule has 0 bridgehead atoms. The first kappa shape index (κ1) is 8.01. The normalized spacial score (nSPS) is 34.7. The van der Waals surface area contributed by atoms with Crippen molar-refractivity contribution in [1.82, 2.24) is 0 Å². The molecule has 0 amide bonds. The quantitative estimate of drug-likeness (QED) is 0.319. The van der Waals surface area contributed by atoms with E-state index in [4.69, 9.17) is 4.74 Å². The lowest BCUT2D eigenvalue weighted by Crippen LogP contribution is -2.30. The zero-order valence-electron chi connectivity index (χ0n) is 6.15. The summed E-state index contributed by atoms with van der Waals surface area (Å²) in [6.45, 7) is 7.10. The van der Waals surface area contributed by atoms with Crippen LogP contribution < -0.4 is 0 Å². The molecule has 1 aliphatic rings. The summed E-state index contributed by atoms with van der Waals surface area (Å²) in [5.74, 6) is 0. The molecule has 1 rings (SSSR count). The molecule has 1 aliphatic heterocycles. The first-order valence-electron chi connectivity index (χ1n) is 3.27. The lowest BCUT2D eigenvalue weighted by molar-refractivity contribution is 0.411. The average Bonchev–Trinajstić information content (AvgIpc) is 2.39. The van der Waals surface area contributed by atoms with Gasteiger partial charge < -0.3 is 4.74 Å². The average molecular weight is 256 g/mol. The van der Waals surface area contributed by atoms with E-state index in [1.807, 2.05) is 0 Å². The molecule has 0 spiro atoms. The topological polar surface area (TPSA) is 12.5 Å². The molecule has 0 aromatic rings. The molecule has 9 heavy (non-hydrogen) atoms. The van der Waals surface area contributed by atoms with Crippen molar-refractivity contribution >= 4 is 30.7 Å². The molecule has 2 atom stereocenters. The predicted molar refractivity (Wildman–Crippen MR) is 50.9 cm³/mol. The van der Waals surface area contributed by atoms with Gasteiger partial charge in [-0.3, -0.25) is 0 Å². The van der Waals surface area contributed by atoms with E-state index in [0.29, 0.717) is 11.8 Å². The van der Waals surface area contributed by atoms with E-state index in [-0.39, 0.29) is 0 Å². The van der Waals surface area contributed by atoms with Crippen LogP contribution in [-0.2, 0) is 4.74 Å². The fraction of sp³-hybridized carbons (Fsp3) is 1.00. The van der Waals surface area contributed by atoms with Gasteiger partial charge in [0.05, 0.1) is 19.9 Å². The fourth-order valence-electron chi connectivity index (χ4n) is 1.02. The van der Waals surface area contributed by atoms with Crippen LogP contribution in [-0.4, -0.2) is 24.3 Å². The highest BCUT2D eigenvalue weighted by Crippen LogP contribution is 2.32. The van der Waals surface area contributed by atoms with Gasteiger partial charge >= 0.3 is 0 Å². The second-order valence-corrected chi connectivity index (χ2v) is 9.80. The van der Waals surface area contributed by atoms with E-state index in [1.165, 1.54) is 4.43 Å². The molecule has 0 unspecified atom stereocenters. The van der Waals surface area contributed by atoms with Crippen LogP contribution >= 0.6 is 22.6 Å². The van der Waals surface area contributed by atoms with E-state index >= 15 is 0 Å². The van der Waals surface area contributed by atoms with E-state index in [9.17, 15) is 0 Å². The molecule has 1 saturated heterocycles. The van der Waals surface area contributed by atoms with Crippen molar-refractivity contribution in [2.45, 2.75) is 31.5 Å². The molecule has 54 valence electrons. The highest BCUT2D eigenvalue weighted by atomic mass is 127. The third-order valence-corrected chi connectivity index (χ3v) is 4.67. The minimum Gasteiger partial charge on any atom is -0.373 e. The SMILES string of the molecule is C[Si](C)(C)[C@@H]1O[C@H]1CI. The maximum absolute atomic E-state index is 5.48. The molecular formula is C6H13IOSi. The van der Waals surface area contributed by atoms with Crippen LogP contribution in [0.15, 0.2) is 0 Å². The Morgan fingerprint density at radius 1 is 1.44 bits per heavy atom. The second kappa shape index (κ2) is 2.51. The smallest absolute Gasteiger partial charge is 0.0896 e. The van der Waals surface area contributed by atoms with Gasteiger partial charge in [0.25, 0.3) is 0 Å². The van der Waals surface area contributed by atoms with Gasteiger partial charge in [-0.1, -0.05) is 42.2 Å². The summed E-state index contributed by atoms with van der Waals surface area (Å²) in [6, 6.07) is 0. The summed E-state index contributed by atoms with van der Waals surface area (Å²) >= 11 is 2.39. The van der Waals surface area contributed by atoms with Crippen LogP contribution in [0.4, 0.5) is 0 Å². The zero-order valence-corrected chi connectivity index (χ0v) is 9.31. The van der Waals surface area contributed by atoms with Gasteiger partial charge in [0.2, 0.25) is 0 Å². The van der Waals surface area contributed by atoms with Crippen LogP contribution in [0.25, 0.3) is 0 Å². The van der Waals surface area contributed by atoms with Crippen molar-refractivity contribution in [1.29, 1.82) is 0 Å². The first-order valence-corrected chi connectivity index (χ1v) is 8.37. The van der Waals surface area contributed by atoms with Crippen LogP contribution in [0.1, 0.15) is 0 Å². The standard InChI is InChI=1S/C6H13IOSi/c1-9(2,3)6-5(4-7)8-6/h5-6H,4H2,1-3H3/t5-,6-/m0/s1. The molecule has 0 aromatic heterocycles. The Morgan fingerprint density at radius 2 is 2.00 bits per heavy atom. The number of hydrogen-bond donors (Lipinski definition) is 0. The lowest BCUT2D eigenvalue weighted by Gasteiger charge is -2.10. The molecule has 1 heterocycles. The van der Waals surface area contributed by atoms with Gasteiger partial charge in [-0.05, 0) is 0 Å². The van der Waals surface area contributed by atoms with Crippen LogP contribution in [0.2, 0.25) is 19.6 Å². The Morgan fingerprint density at radius 3 is 2.11 bits per heavy atom. The van der Waals surface area contributed by atoms with Gasteiger partial charge in [-0.2, -0.15) is 0 Å². The van der Waals surface area contributed by atoms with E-state index < -0.39 is 8.07 Å². The van der Waals surface area contributed by atoms with E-state index in [1.54, 1.807) is 0 Å². The maximum atomic E-state index is 5.48. The van der Waals surface area contributed by atoms with Gasteiger partial charge in [0.1, 0.15) is 0 Å². The van der Waals surface area contributed by atoms with Crippen molar-refractivity contribution in [3.05, 3.63) is 0 Å². The summed E-state index contributed by atoms with van der Waals surface area (Å²) in [7, 11) is -0.935. The molecule has 0 saturated carbocycles.